The fourth-order valence-electron chi connectivity index (χ4n) is 3.31. The molecule has 0 bridgehead atoms. The molecule has 0 amide bonds. The summed E-state index contributed by atoms with van der Waals surface area (Å²) in [6, 6.07) is 0. The molecule has 0 N–H and O–H groups in total. The van der Waals surface area contributed by atoms with Crippen molar-refractivity contribution >= 4 is 5.78 Å². The number of Topliss-reactive ketones (excluding diaryl/α,β-unsaturated/α-hetero) is 1. The van der Waals surface area contributed by atoms with Gasteiger partial charge in [-0.25, -0.2) is 0 Å². The van der Waals surface area contributed by atoms with E-state index in [0.717, 1.165) is 19.3 Å². The second-order valence-corrected chi connectivity index (χ2v) is 5.65. The quantitative estimate of drug-likeness (QED) is 0.537. The van der Waals surface area contributed by atoms with Crippen LogP contribution in [0.2, 0.25) is 0 Å². The highest BCUT2D eigenvalue weighted by Crippen LogP contribution is 2.53. The van der Waals surface area contributed by atoms with Crippen LogP contribution in [-0.4, -0.2) is 5.78 Å². The Morgan fingerprint density at radius 1 is 1.21 bits per heavy atom. The zero-order valence-corrected chi connectivity index (χ0v) is 9.52. The topological polar surface area (TPSA) is 17.1 Å². The molecule has 1 nitrogen and oxygen atoms in total. The summed E-state index contributed by atoms with van der Waals surface area (Å²) in [5.74, 6) is 0.475. The predicted molar refractivity (Wildman–Crippen MR) is 58.1 cm³/mol. The van der Waals surface area contributed by atoms with Crippen molar-refractivity contribution in [3.63, 3.8) is 0 Å². The molecule has 14 heavy (non-hydrogen) atoms. The lowest BCUT2D eigenvalue weighted by molar-refractivity contribution is -0.128. The molecule has 0 aromatic carbocycles. The van der Waals surface area contributed by atoms with Gasteiger partial charge in [-0.15, -0.1) is 0 Å². The van der Waals surface area contributed by atoms with Crippen LogP contribution < -0.4 is 0 Å². The van der Waals surface area contributed by atoms with Gasteiger partial charge in [0.15, 0.2) is 0 Å². The summed E-state index contributed by atoms with van der Waals surface area (Å²) < 4.78 is 0. The van der Waals surface area contributed by atoms with Crippen molar-refractivity contribution in [1.29, 1.82) is 0 Å². The van der Waals surface area contributed by atoms with Crippen LogP contribution in [0.3, 0.4) is 0 Å². The van der Waals surface area contributed by atoms with Gasteiger partial charge in [0.05, 0.1) is 0 Å². The first-order valence-electron chi connectivity index (χ1n) is 5.71. The van der Waals surface area contributed by atoms with E-state index in [0.29, 0.717) is 5.78 Å². The smallest absolute Gasteiger partial charge is 0.143 e. The molecular formula is C13H20O. The van der Waals surface area contributed by atoms with Crippen LogP contribution >= 0.6 is 0 Å². The van der Waals surface area contributed by atoms with E-state index in [-0.39, 0.29) is 10.8 Å². The van der Waals surface area contributed by atoms with Crippen LogP contribution in [0.1, 0.15) is 52.9 Å². The van der Waals surface area contributed by atoms with Crippen LogP contribution in [0.25, 0.3) is 0 Å². The van der Waals surface area contributed by atoms with Crippen LogP contribution in [-0.2, 0) is 4.79 Å². The number of rotatable bonds is 0. The number of ketones is 1. The first-order chi connectivity index (χ1) is 6.47. The summed E-state index contributed by atoms with van der Waals surface area (Å²) in [7, 11) is 0. The first kappa shape index (κ1) is 9.95. The van der Waals surface area contributed by atoms with E-state index < -0.39 is 0 Å². The van der Waals surface area contributed by atoms with Crippen LogP contribution in [0, 0.1) is 10.8 Å². The highest BCUT2D eigenvalue weighted by Gasteiger charge is 2.46. The second-order valence-electron chi connectivity index (χ2n) is 5.65. The van der Waals surface area contributed by atoms with Gasteiger partial charge in [0.2, 0.25) is 0 Å². The average molecular weight is 192 g/mol. The van der Waals surface area contributed by atoms with E-state index >= 15 is 0 Å². The van der Waals surface area contributed by atoms with Crippen LogP contribution in [0.5, 0.6) is 0 Å². The van der Waals surface area contributed by atoms with Gasteiger partial charge >= 0.3 is 0 Å². The third-order valence-corrected chi connectivity index (χ3v) is 4.14. The first-order valence-corrected chi connectivity index (χ1v) is 5.71. The lowest BCUT2D eigenvalue weighted by Gasteiger charge is -2.47. The maximum Gasteiger partial charge on any atom is 0.143 e. The monoisotopic (exact) mass is 192 g/mol. The zero-order chi connectivity index (χ0) is 10.4. The van der Waals surface area contributed by atoms with Crippen molar-refractivity contribution in [2.24, 2.45) is 10.8 Å². The molecule has 2 rings (SSSR count). The van der Waals surface area contributed by atoms with E-state index in [1.54, 1.807) is 0 Å². The Balaban J connectivity index is 2.45. The Kier molecular flexibility index (Phi) is 2.09. The number of hydrogen-bond acceptors (Lipinski definition) is 1. The van der Waals surface area contributed by atoms with E-state index in [1.807, 2.05) is 0 Å². The van der Waals surface area contributed by atoms with Crippen LogP contribution in [0.15, 0.2) is 11.6 Å². The number of carbonyl (C=O) groups excluding carboxylic acids is 1. The van der Waals surface area contributed by atoms with Gasteiger partial charge in [0.1, 0.15) is 5.78 Å². The highest BCUT2D eigenvalue weighted by atomic mass is 16.1. The van der Waals surface area contributed by atoms with E-state index in [9.17, 15) is 4.79 Å². The maximum atomic E-state index is 12.0. The van der Waals surface area contributed by atoms with E-state index in [1.165, 1.54) is 18.4 Å². The summed E-state index contributed by atoms with van der Waals surface area (Å²) in [6.07, 6.45) is 7.57. The SMILES string of the molecule is CC1(C)CCC[C@]2(C)C(=O)CCC=C12. The molecule has 2 aliphatic rings. The Morgan fingerprint density at radius 3 is 2.57 bits per heavy atom. The minimum absolute atomic E-state index is 0.111. The van der Waals surface area contributed by atoms with Gasteiger partial charge in [-0.05, 0) is 31.6 Å². The fourth-order valence-corrected chi connectivity index (χ4v) is 3.31. The maximum absolute atomic E-state index is 12.0. The third-order valence-electron chi connectivity index (χ3n) is 4.14. The Labute approximate surface area is 86.6 Å². The Hall–Kier alpha value is -0.590. The van der Waals surface area contributed by atoms with Crippen molar-refractivity contribution < 1.29 is 4.79 Å². The number of carbonyl (C=O) groups is 1. The molecule has 0 aliphatic heterocycles. The molecule has 78 valence electrons. The molecule has 0 radical (unpaired) electrons. The largest absolute Gasteiger partial charge is 0.299 e. The average Bonchev–Trinajstić information content (AvgIpc) is 2.08. The molecule has 0 unspecified atom stereocenters. The molecule has 0 aromatic rings. The molecule has 0 saturated heterocycles. The number of allylic oxidation sites excluding steroid dienone is 2. The molecule has 1 atom stereocenters. The molecule has 1 saturated carbocycles. The third kappa shape index (κ3) is 1.25. The van der Waals surface area contributed by atoms with Gasteiger partial charge < -0.3 is 0 Å². The zero-order valence-electron chi connectivity index (χ0n) is 9.52. The van der Waals surface area contributed by atoms with E-state index in [2.05, 4.69) is 26.8 Å². The summed E-state index contributed by atoms with van der Waals surface area (Å²) >= 11 is 0. The molecule has 0 heterocycles. The minimum atomic E-state index is -0.111. The van der Waals surface area contributed by atoms with E-state index in [4.69, 9.17) is 0 Å². The van der Waals surface area contributed by atoms with Crippen molar-refractivity contribution in [1.82, 2.24) is 0 Å². The summed E-state index contributed by atoms with van der Waals surface area (Å²) in [4.78, 5) is 12.0. The fraction of sp³-hybridized carbons (Fsp3) is 0.769. The van der Waals surface area contributed by atoms with Crippen molar-refractivity contribution in [2.75, 3.05) is 0 Å². The summed E-state index contributed by atoms with van der Waals surface area (Å²) in [5.41, 5.74) is 1.57. The molecule has 0 spiro atoms. The van der Waals surface area contributed by atoms with Crippen LogP contribution in [0.4, 0.5) is 0 Å². The number of hydrogen-bond donors (Lipinski definition) is 0. The standard InChI is InChI=1S/C13H20O/c1-12(2)8-5-9-13(3)10(12)6-4-7-11(13)14/h6H,4-5,7-9H2,1-3H3/t13-/m0/s1. The lowest BCUT2D eigenvalue weighted by Crippen LogP contribution is -2.41. The Bertz CT molecular complexity index is 298. The van der Waals surface area contributed by atoms with Gasteiger partial charge in [-0.3, -0.25) is 4.79 Å². The molecular weight excluding hydrogens is 172 g/mol. The van der Waals surface area contributed by atoms with Gasteiger partial charge in [0.25, 0.3) is 0 Å². The number of fused-ring (bicyclic) bond motifs is 1. The lowest BCUT2D eigenvalue weighted by atomic mass is 9.56. The summed E-state index contributed by atoms with van der Waals surface area (Å²) in [5, 5.41) is 0. The van der Waals surface area contributed by atoms with Gasteiger partial charge in [-0.1, -0.05) is 31.9 Å². The molecule has 2 aliphatic carbocycles. The molecule has 0 aromatic heterocycles. The summed E-state index contributed by atoms with van der Waals surface area (Å²) in [6.45, 7) is 6.73. The normalized spacial score (nSPS) is 36.2. The minimum Gasteiger partial charge on any atom is -0.299 e. The molecule has 1 heteroatoms. The van der Waals surface area contributed by atoms with Crippen molar-refractivity contribution in [3.8, 4) is 0 Å². The highest BCUT2D eigenvalue weighted by molar-refractivity contribution is 5.89. The van der Waals surface area contributed by atoms with Crippen molar-refractivity contribution in [3.05, 3.63) is 11.6 Å². The predicted octanol–water partition coefficient (Wildman–Crippen LogP) is 3.49. The van der Waals surface area contributed by atoms with Gasteiger partial charge in [-0.2, -0.15) is 0 Å². The Morgan fingerprint density at radius 2 is 1.93 bits per heavy atom. The van der Waals surface area contributed by atoms with Gasteiger partial charge in [0, 0.05) is 11.8 Å². The second kappa shape index (κ2) is 2.95. The van der Waals surface area contributed by atoms with Crippen molar-refractivity contribution in [2.45, 2.75) is 52.9 Å². The molecule has 1 fully saturated rings.